The number of hydrogen-bond acceptors (Lipinski definition) is 4. The van der Waals surface area contributed by atoms with Crippen LogP contribution in [0.3, 0.4) is 0 Å². The van der Waals surface area contributed by atoms with Gasteiger partial charge < -0.3 is 15.3 Å². The maximum absolute atomic E-state index is 13.1. The van der Waals surface area contributed by atoms with E-state index in [2.05, 4.69) is 6.92 Å². The van der Waals surface area contributed by atoms with Gasteiger partial charge in [0.15, 0.2) is 0 Å². The molecule has 10 heteroatoms. The Bertz CT molecular complexity index is 1140. The minimum atomic E-state index is -5.61. The monoisotopic (exact) mass is 602 g/mol. The van der Waals surface area contributed by atoms with Crippen molar-refractivity contribution >= 4 is 17.7 Å². The molecular formula is C31H39F5O4S. The molecule has 1 heterocycles. The topological polar surface area (TPSA) is 77.8 Å². The third-order valence-electron chi connectivity index (χ3n) is 8.30. The Labute approximate surface area is 242 Å². The molecule has 0 spiro atoms. The van der Waals surface area contributed by atoms with Gasteiger partial charge in [-0.25, -0.2) is 0 Å². The fourth-order valence-electron chi connectivity index (χ4n) is 5.76. The van der Waals surface area contributed by atoms with Crippen LogP contribution in [0.2, 0.25) is 0 Å². The zero-order valence-electron chi connectivity index (χ0n) is 23.2. The van der Waals surface area contributed by atoms with Gasteiger partial charge in [0.25, 0.3) is 0 Å². The van der Waals surface area contributed by atoms with Crippen molar-refractivity contribution in [3.63, 3.8) is 0 Å². The first kappa shape index (κ1) is 33.0. The minimum absolute atomic E-state index is 0.155. The van der Waals surface area contributed by atoms with E-state index in [-0.39, 0.29) is 35.7 Å². The largest absolute Gasteiger partial charge is 0.508 e. The standard InChI is InChI=1S/C31H39F5O4S/c1-29(22-12-14-23(37)15-13-22)20-41-27-19-24(38)16-17-25(27)26(29)11-7-5-3-2-4-6-9-21(28(39)40)10-8-18-30(32,33)31(34,35)36/h12-17,19,21,26,37-38H,2-11,18,20H2,1H3,(H,39,40)/t21-,26-,29-/m0/s1. The molecule has 3 atom stereocenters. The highest BCUT2D eigenvalue weighted by Gasteiger charge is 2.56. The molecule has 2 aromatic rings. The Morgan fingerprint density at radius 1 is 0.902 bits per heavy atom. The lowest BCUT2D eigenvalue weighted by Crippen LogP contribution is -2.36. The van der Waals surface area contributed by atoms with Gasteiger partial charge >= 0.3 is 18.1 Å². The van der Waals surface area contributed by atoms with Crippen LogP contribution >= 0.6 is 11.8 Å². The van der Waals surface area contributed by atoms with E-state index < -0.39 is 36.8 Å². The number of carbonyl (C=O) groups is 1. The van der Waals surface area contributed by atoms with Crippen molar-refractivity contribution in [2.24, 2.45) is 5.92 Å². The van der Waals surface area contributed by atoms with Crippen LogP contribution in [0, 0.1) is 5.92 Å². The molecule has 2 aromatic carbocycles. The van der Waals surface area contributed by atoms with E-state index in [9.17, 15) is 42.1 Å². The zero-order chi connectivity index (χ0) is 30.3. The highest BCUT2D eigenvalue weighted by molar-refractivity contribution is 7.99. The highest BCUT2D eigenvalue weighted by Crippen LogP contribution is 2.52. The molecule has 0 bridgehead atoms. The first-order valence-corrected chi connectivity index (χ1v) is 15.2. The maximum atomic E-state index is 13.1. The van der Waals surface area contributed by atoms with Crippen molar-refractivity contribution in [2.45, 2.75) is 106 Å². The van der Waals surface area contributed by atoms with Crippen molar-refractivity contribution in [3.05, 3.63) is 53.6 Å². The molecule has 4 nitrogen and oxygen atoms in total. The zero-order valence-corrected chi connectivity index (χ0v) is 24.0. The van der Waals surface area contributed by atoms with E-state index >= 15 is 0 Å². The highest BCUT2D eigenvalue weighted by atomic mass is 32.2. The van der Waals surface area contributed by atoms with Crippen molar-refractivity contribution in [3.8, 4) is 11.5 Å². The number of unbranched alkanes of at least 4 members (excludes halogenated alkanes) is 5. The molecule has 3 N–H and O–H groups in total. The summed E-state index contributed by atoms with van der Waals surface area (Å²) < 4.78 is 63.2. The van der Waals surface area contributed by atoms with Crippen LogP contribution in [0.25, 0.3) is 0 Å². The molecule has 0 aliphatic carbocycles. The summed E-state index contributed by atoms with van der Waals surface area (Å²) >= 11 is 1.73. The molecule has 41 heavy (non-hydrogen) atoms. The minimum Gasteiger partial charge on any atom is -0.508 e. The average Bonchev–Trinajstić information content (AvgIpc) is 2.89. The summed E-state index contributed by atoms with van der Waals surface area (Å²) in [6, 6.07) is 12.9. The number of benzene rings is 2. The molecule has 1 aliphatic rings. The van der Waals surface area contributed by atoms with Crippen LogP contribution in [0.1, 0.15) is 94.6 Å². The Hall–Kier alpha value is -2.49. The summed E-state index contributed by atoms with van der Waals surface area (Å²) in [7, 11) is 0. The lowest BCUT2D eigenvalue weighted by atomic mass is 9.68. The number of carboxylic acid groups (broad SMARTS) is 1. The number of hydrogen-bond donors (Lipinski definition) is 3. The van der Waals surface area contributed by atoms with Crippen molar-refractivity contribution in [1.29, 1.82) is 0 Å². The van der Waals surface area contributed by atoms with Crippen LogP contribution in [0.15, 0.2) is 47.4 Å². The number of aliphatic carboxylic acids is 1. The van der Waals surface area contributed by atoms with Gasteiger partial charge in [-0.2, -0.15) is 22.0 Å². The normalized spacial score (nSPS) is 20.0. The van der Waals surface area contributed by atoms with Crippen molar-refractivity contribution in [2.75, 3.05) is 5.75 Å². The first-order chi connectivity index (χ1) is 19.2. The number of alkyl halides is 5. The number of halogens is 5. The second kappa shape index (κ2) is 14.1. The van der Waals surface area contributed by atoms with Crippen LogP contribution < -0.4 is 0 Å². The summed E-state index contributed by atoms with van der Waals surface area (Å²) in [6.07, 6.45) is -1.32. The van der Waals surface area contributed by atoms with Gasteiger partial charge in [0.2, 0.25) is 0 Å². The number of carboxylic acids is 1. The second-order valence-electron chi connectivity index (χ2n) is 11.4. The lowest BCUT2D eigenvalue weighted by Gasteiger charge is -2.43. The number of phenolic OH excluding ortho intramolecular Hbond substituents is 2. The molecule has 0 radical (unpaired) electrons. The second-order valence-corrected chi connectivity index (χ2v) is 12.4. The third kappa shape index (κ3) is 8.75. The molecule has 0 fully saturated rings. The van der Waals surface area contributed by atoms with Crippen LogP contribution in [-0.2, 0) is 10.2 Å². The van der Waals surface area contributed by atoms with Gasteiger partial charge in [0, 0.05) is 22.5 Å². The van der Waals surface area contributed by atoms with Gasteiger partial charge in [-0.1, -0.05) is 63.6 Å². The molecule has 0 saturated heterocycles. The Balaban J connectivity index is 1.45. The number of fused-ring (bicyclic) bond motifs is 1. The van der Waals surface area contributed by atoms with Gasteiger partial charge in [-0.3, -0.25) is 4.79 Å². The van der Waals surface area contributed by atoms with E-state index in [1.165, 1.54) is 5.56 Å². The Kier molecular flexibility index (Phi) is 11.4. The predicted molar refractivity (Wildman–Crippen MR) is 150 cm³/mol. The van der Waals surface area contributed by atoms with Gasteiger partial charge in [0.1, 0.15) is 11.5 Å². The average molecular weight is 603 g/mol. The number of thioether (sulfide) groups is 1. The van der Waals surface area contributed by atoms with E-state index in [1.54, 1.807) is 30.0 Å². The van der Waals surface area contributed by atoms with E-state index in [0.29, 0.717) is 6.42 Å². The number of aromatic hydroxyl groups is 2. The summed E-state index contributed by atoms with van der Waals surface area (Å²) in [5.74, 6) is -5.33. The maximum Gasteiger partial charge on any atom is 0.453 e. The SMILES string of the molecule is C[C@@]1(c2ccc(O)cc2)CSc2cc(O)ccc2[C@@H]1CCCCCCCC[C@@H](CCCC(F)(F)C(F)(F)F)C(=O)O. The molecule has 0 amide bonds. The number of phenols is 2. The fraction of sp³-hybridized carbons (Fsp3) is 0.581. The lowest BCUT2D eigenvalue weighted by molar-refractivity contribution is -0.284. The molecule has 0 unspecified atom stereocenters. The molecule has 228 valence electrons. The molecule has 3 rings (SSSR count). The summed E-state index contributed by atoms with van der Waals surface area (Å²) in [4.78, 5) is 12.5. The van der Waals surface area contributed by atoms with E-state index in [0.717, 1.165) is 54.7 Å². The van der Waals surface area contributed by atoms with Gasteiger partial charge in [0.05, 0.1) is 5.92 Å². The van der Waals surface area contributed by atoms with Crippen molar-refractivity contribution < 1.29 is 42.1 Å². The summed E-state index contributed by atoms with van der Waals surface area (Å²) in [6.45, 7) is 2.25. The van der Waals surface area contributed by atoms with E-state index in [1.807, 2.05) is 24.3 Å². The third-order valence-corrected chi connectivity index (χ3v) is 9.71. The van der Waals surface area contributed by atoms with Crippen LogP contribution in [-0.4, -0.2) is 39.1 Å². The van der Waals surface area contributed by atoms with Crippen LogP contribution in [0.5, 0.6) is 11.5 Å². The molecule has 0 aromatic heterocycles. The number of rotatable bonds is 15. The van der Waals surface area contributed by atoms with Crippen LogP contribution in [0.4, 0.5) is 22.0 Å². The Morgan fingerprint density at radius 2 is 1.49 bits per heavy atom. The van der Waals surface area contributed by atoms with Gasteiger partial charge in [-0.05, 0) is 67.0 Å². The summed E-state index contributed by atoms with van der Waals surface area (Å²) in [5, 5.41) is 29.1. The quantitative estimate of drug-likeness (QED) is 0.140. The Morgan fingerprint density at radius 3 is 2.12 bits per heavy atom. The van der Waals surface area contributed by atoms with Gasteiger partial charge in [-0.15, -0.1) is 11.8 Å². The fourth-order valence-corrected chi connectivity index (χ4v) is 7.16. The smallest absolute Gasteiger partial charge is 0.453 e. The van der Waals surface area contributed by atoms with E-state index in [4.69, 9.17) is 0 Å². The molecular weight excluding hydrogens is 563 g/mol. The molecule has 0 saturated carbocycles. The predicted octanol–water partition coefficient (Wildman–Crippen LogP) is 9.43. The summed E-state index contributed by atoms with van der Waals surface area (Å²) in [5.41, 5.74) is 2.21. The van der Waals surface area contributed by atoms with Crippen molar-refractivity contribution in [1.82, 2.24) is 0 Å². The molecule has 1 aliphatic heterocycles. The first-order valence-electron chi connectivity index (χ1n) is 14.2.